The van der Waals surface area contributed by atoms with E-state index in [1.807, 2.05) is 0 Å². The van der Waals surface area contributed by atoms with Crippen molar-refractivity contribution in [2.24, 2.45) is 0 Å². The van der Waals surface area contributed by atoms with Crippen molar-refractivity contribution in [2.45, 2.75) is 25.3 Å². The Hall–Kier alpha value is -1.62. The Morgan fingerprint density at radius 1 is 1.50 bits per heavy atom. The number of methoxy groups -OCH3 is 1. The van der Waals surface area contributed by atoms with Crippen molar-refractivity contribution in [1.29, 1.82) is 0 Å². The number of carbonyl (C=O) groups excluding carboxylic acids is 1. The third-order valence-electron chi connectivity index (χ3n) is 3.65. The SMILES string of the molecule is COc1ccc(C(=O)N(C)CC2CCCCN2)cc1F. The average molecular weight is 280 g/mol. The second kappa shape index (κ2) is 6.70. The zero-order valence-corrected chi connectivity index (χ0v) is 12.0. The van der Waals surface area contributed by atoms with Crippen LogP contribution in [0.2, 0.25) is 0 Å². The highest BCUT2D eigenvalue weighted by atomic mass is 19.1. The highest BCUT2D eigenvalue weighted by Gasteiger charge is 2.19. The maximum absolute atomic E-state index is 13.6. The molecule has 20 heavy (non-hydrogen) atoms. The van der Waals surface area contributed by atoms with Gasteiger partial charge in [0.1, 0.15) is 0 Å². The van der Waals surface area contributed by atoms with Gasteiger partial charge in [-0.25, -0.2) is 4.39 Å². The Kier molecular flexibility index (Phi) is 4.95. The fourth-order valence-corrected chi connectivity index (χ4v) is 2.51. The van der Waals surface area contributed by atoms with E-state index in [1.54, 1.807) is 18.0 Å². The number of amides is 1. The van der Waals surface area contributed by atoms with Gasteiger partial charge < -0.3 is 15.0 Å². The molecule has 1 aliphatic heterocycles. The predicted molar refractivity (Wildman–Crippen MR) is 75.6 cm³/mol. The summed E-state index contributed by atoms with van der Waals surface area (Å²) in [5.74, 6) is -0.528. The van der Waals surface area contributed by atoms with Gasteiger partial charge in [0.2, 0.25) is 0 Å². The predicted octanol–water partition coefficient (Wildman–Crippen LogP) is 2.05. The number of rotatable bonds is 4. The molecule has 1 N–H and O–H groups in total. The minimum absolute atomic E-state index is 0.151. The molecular formula is C15H21FN2O2. The molecule has 1 aromatic rings. The summed E-state index contributed by atoms with van der Waals surface area (Å²) in [4.78, 5) is 13.9. The van der Waals surface area contributed by atoms with Gasteiger partial charge in [-0.05, 0) is 37.6 Å². The average Bonchev–Trinajstić information content (AvgIpc) is 2.47. The van der Waals surface area contributed by atoms with Gasteiger partial charge in [0.15, 0.2) is 11.6 Å². The summed E-state index contributed by atoms with van der Waals surface area (Å²) in [6.07, 6.45) is 3.46. The zero-order valence-electron chi connectivity index (χ0n) is 12.0. The summed E-state index contributed by atoms with van der Waals surface area (Å²) in [7, 11) is 3.15. The van der Waals surface area contributed by atoms with Gasteiger partial charge in [-0.15, -0.1) is 0 Å². The number of likely N-dealkylation sites (N-methyl/N-ethyl adjacent to an activating group) is 1. The lowest BCUT2D eigenvalue weighted by Crippen LogP contribution is -2.44. The summed E-state index contributed by atoms with van der Waals surface area (Å²) in [5, 5.41) is 3.40. The van der Waals surface area contributed by atoms with E-state index in [2.05, 4.69) is 5.32 Å². The molecule has 0 radical (unpaired) electrons. The fraction of sp³-hybridized carbons (Fsp3) is 0.533. The molecule has 1 aliphatic rings. The van der Waals surface area contributed by atoms with E-state index in [4.69, 9.17) is 4.74 Å². The summed E-state index contributed by atoms with van der Waals surface area (Å²) < 4.78 is 18.5. The van der Waals surface area contributed by atoms with E-state index >= 15 is 0 Å². The Balaban J connectivity index is 2.00. The van der Waals surface area contributed by atoms with Gasteiger partial charge in [0.25, 0.3) is 5.91 Å². The first-order valence-electron chi connectivity index (χ1n) is 6.94. The maximum Gasteiger partial charge on any atom is 0.253 e. The van der Waals surface area contributed by atoms with Crippen LogP contribution in [0.3, 0.4) is 0 Å². The number of halogens is 1. The van der Waals surface area contributed by atoms with Crippen molar-refractivity contribution in [2.75, 3.05) is 27.2 Å². The molecular weight excluding hydrogens is 259 g/mol. The number of ether oxygens (including phenoxy) is 1. The van der Waals surface area contributed by atoms with Crippen molar-refractivity contribution < 1.29 is 13.9 Å². The van der Waals surface area contributed by atoms with Crippen LogP contribution in [0.4, 0.5) is 4.39 Å². The third kappa shape index (κ3) is 3.48. The highest BCUT2D eigenvalue weighted by Crippen LogP contribution is 2.19. The number of piperidine rings is 1. The van der Waals surface area contributed by atoms with Gasteiger partial charge >= 0.3 is 0 Å². The van der Waals surface area contributed by atoms with E-state index < -0.39 is 5.82 Å². The van der Waals surface area contributed by atoms with Crippen molar-refractivity contribution in [3.63, 3.8) is 0 Å². The number of hydrogen-bond acceptors (Lipinski definition) is 3. The first-order chi connectivity index (χ1) is 9.61. The summed E-state index contributed by atoms with van der Waals surface area (Å²) in [6.45, 7) is 1.65. The molecule has 1 aromatic carbocycles. The lowest BCUT2D eigenvalue weighted by atomic mass is 10.0. The number of nitrogens with zero attached hydrogens (tertiary/aromatic N) is 1. The Morgan fingerprint density at radius 3 is 2.90 bits per heavy atom. The van der Waals surface area contributed by atoms with Gasteiger partial charge in [-0.1, -0.05) is 6.42 Å². The number of carbonyl (C=O) groups is 1. The zero-order chi connectivity index (χ0) is 14.5. The molecule has 0 aliphatic carbocycles. The van der Waals surface area contributed by atoms with E-state index in [-0.39, 0.29) is 11.7 Å². The minimum Gasteiger partial charge on any atom is -0.494 e. The van der Waals surface area contributed by atoms with Crippen LogP contribution in [0.25, 0.3) is 0 Å². The molecule has 5 heteroatoms. The lowest BCUT2D eigenvalue weighted by molar-refractivity contribution is 0.0775. The topological polar surface area (TPSA) is 41.6 Å². The summed E-state index contributed by atoms with van der Waals surface area (Å²) in [6, 6.07) is 4.64. The molecule has 1 atom stereocenters. The van der Waals surface area contributed by atoms with E-state index in [0.717, 1.165) is 13.0 Å². The third-order valence-corrected chi connectivity index (χ3v) is 3.65. The Bertz CT molecular complexity index is 473. The summed E-state index contributed by atoms with van der Waals surface area (Å²) >= 11 is 0. The van der Waals surface area contributed by atoms with E-state index in [1.165, 1.54) is 32.1 Å². The van der Waals surface area contributed by atoms with Gasteiger partial charge in [0, 0.05) is 25.2 Å². The van der Waals surface area contributed by atoms with Crippen molar-refractivity contribution in [1.82, 2.24) is 10.2 Å². The largest absolute Gasteiger partial charge is 0.494 e. The molecule has 0 bridgehead atoms. The first kappa shape index (κ1) is 14.8. The van der Waals surface area contributed by atoms with Crippen LogP contribution in [0.5, 0.6) is 5.75 Å². The number of hydrogen-bond donors (Lipinski definition) is 1. The molecule has 110 valence electrons. The summed E-state index contributed by atoms with van der Waals surface area (Å²) in [5.41, 5.74) is 0.349. The Labute approximate surface area is 118 Å². The molecule has 1 amide bonds. The van der Waals surface area contributed by atoms with Crippen LogP contribution in [0.15, 0.2) is 18.2 Å². The van der Waals surface area contributed by atoms with Crippen LogP contribution in [-0.4, -0.2) is 44.1 Å². The molecule has 1 heterocycles. The highest BCUT2D eigenvalue weighted by molar-refractivity contribution is 5.94. The monoisotopic (exact) mass is 280 g/mol. The van der Waals surface area contributed by atoms with Gasteiger partial charge in [0.05, 0.1) is 7.11 Å². The fourth-order valence-electron chi connectivity index (χ4n) is 2.51. The first-order valence-corrected chi connectivity index (χ1v) is 6.94. The molecule has 0 saturated carbocycles. The second-order valence-corrected chi connectivity index (χ2v) is 5.18. The van der Waals surface area contributed by atoms with Crippen LogP contribution >= 0.6 is 0 Å². The Morgan fingerprint density at radius 2 is 2.30 bits per heavy atom. The lowest BCUT2D eigenvalue weighted by Gasteiger charge is -2.28. The van der Waals surface area contributed by atoms with Crippen LogP contribution < -0.4 is 10.1 Å². The van der Waals surface area contributed by atoms with E-state index in [0.29, 0.717) is 18.2 Å². The molecule has 4 nitrogen and oxygen atoms in total. The van der Waals surface area contributed by atoms with Crippen molar-refractivity contribution in [3.05, 3.63) is 29.6 Å². The molecule has 1 saturated heterocycles. The number of benzene rings is 1. The quantitative estimate of drug-likeness (QED) is 0.918. The smallest absolute Gasteiger partial charge is 0.253 e. The van der Waals surface area contributed by atoms with Crippen molar-refractivity contribution in [3.8, 4) is 5.75 Å². The van der Waals surface area contributed by atoms with Crippen LogP contribution in [0.1, 0.15) is 29.6 Å². The molecule has 0 spiro atoms. The second-order valence-electron chi connectivity index (χ2n) is 5.18. The van der Waals surface area contributed by atoms with Crippen molar-refractivity contribution >= 4 is 5.91 Å². The maximum atomic E-state index is 13.6. The minimum atomic E-state index is -0.512. The van der Waals surface area contributed by atoms with E-state index in [9.17, 15) is 9.18 Å². The molecule has 0 aromatic heterocycles. The normalized spacial score (nSPS) is 18.6. The molecule has 1 fully saturated rings. The standard InChI is InChI=1S/C15H21FN2O2/c1-18(10-12-5-3-4-8-17-12)15(19)11-6-7-14(20-2)13(16)9-11/h6-7,9,12,17H,3-5,8,10H2,1-2H3. The number of nitrogens with one attached hydrogen (secondary N) is 1. The molecule has 1 unspecified atom stereocenters. The van der Waals surface area contributed by atoms with Gasteiger partial charge in [-0.3, -0.25) is 4.79 Å². The molecule has 2 rings (SSSR count). The van der Waals surface area contributed by atoms with Crippen LogP contribution in [-0.2, 0) is 0 Å². The van der Waals surface area contributed by atoms with Crippen LogP contribution in [0, 0.1) is 5.82 Å². The van der Waals surface area contributed by atoms with Gasteiger partial charge in [-0.2, -0.15) is 0 Å².